The molecule has 0 aromatic heterocycles. The molecule has 2 atom stereocenters. The van der Waals surface area contributed by atoms with E-state index < -0.39 is 28.7 Å². The standard InChI is InChI=1S/C9H13NO8P2/c1-16-7-4-2-6(3-5-7)10-8(11)9(17-19(12)13)18-20(14)15/h2-5,9,19-20H,1H3,(H,10,11)(H,12,13)(H,14,15). The van der Waals surface area contributed by atoms with Gasteiger partial charge >= 0.3 is 16.5 Å². The molecule has 0 aliphatic heterocycles. The topological polar surface area (TPSA) is 131 Å². The molecule has 2 unspecified atom stereocenters. The van der Waals surface area contributed by atoms with Crippen LogP contribution in [0.4, 0.5) is 5.69 Å². The molecule has 0 aliphatic rings. The van der Waals surface area contributed by atoms with Gasteiger partial charge in [0.05, 0.1) is 7.11 Å². The van der Waals surface area contributed by atoms with Crippen molar-refractivity contribution in [3.05, 3.63) is 24.3 Å². The lowest BCUT2D eigenvalue weighted by Gasteiger charge is -2.14. The van der Waals surface area contributed by atoms with Gasteiger partial charge in [0, 0.05) is 5.69 Å². The van der Waals surface area contributed by atoms with Gasteiger partial charge in [0.2, 0.25) is 0 Å². The maximum absolute atomic E-state index is 11.7. The number of hydrogen-bond acceptors (Lipinski definition) is 6. The summed E-state index contributed by atoms with van der Waals surface area (Å²) in [6.07, 6.45) is -1.95. The molecule has 0 saturated heterocycles. The minimum atomic E-state index is -3.51. The molecule has 0 spiro atoms. The quantitative estimate of drug-likeness (QED) is 0.494. The Morgan fingerprint density at radius 2 is 1.65 bits per heavy atom. The fourth-order valence-corrected chi connectivity index (χ4v) is 1.96. The molecule has 3 N–H and O–H groups in total. The predicted molar refractivity (Wildman–Crippen MR) is 70.0 cm³/mol. The summed E-state index contributed by atoms with van der Waals surface area (Å²) in [6.45, 7) is 0. The fourth-order valence-electron chi connectivity index (χ4n) is 1.19. The van der Waals surface area contributed by atoms with Gasteiger partial charge in [-0.1, -0.05) is 0 Å². The number of ether oxygens (including phenoxy) is 1. The minimum absolute atomic E-state index is 0.322. The normalized spacial score (nSPS) is 15.2. The van der Waals surface area contributed by atoms with E-state index in [-0.39, 0.29) is 0 Å². The predicted octanol–water partition coefficient (Wildman–Crippen LogP) is 0.757. The lowest BCUT2D eigenvalue weighted by Crippen LogP contribution is -2.29. The zero-order valence-electron chi connectivity index (χ0n) is 10.2. The second-order valence-electron chi connectivity index (χ2n) is 3.32. The monoisotopic (exact) mass is 325 g/mol. The van der Waals surface area contributed by atoms with Crippen LogP contribution < -0.4 is 10.1 Å². The molecule has 0 aliphatic carbocycles. The molecule has 0 saturated carbocycles. The van der Waals surface area contributed by atoms with Gasteiger partial charge in [-0.2, -0.15) is 0 Å². The number of benzene rings is 1. The van der Waals surface area contributed by atoms with Crippen LogP contribution in [0.5, 0.6) is 5.75 Å². The molecular formula is C9H13NO8P2. The highest BCUT2D eigenvalue weighted by atomic mass is 31.1. The Morgan fingerprint density at radius 1 is 1.15 bits per heavy atom. The van der Waals surface area contributed by atoms with Crippen LogP contribution in [0.3, 0.4) is 0 Å². The number of rotatable bonds is 7. The van der Waals surface area contributed by atoms with E-state index in [0.717, 1.165) is 0 Å². The zero-order valence-corrected chi connectivity index (χ0v) is 12.2. The zero-order chi connectivity index (χ0) is 15.1. The molecule has 9 nitrogen and oxygen atoms in total. The average Bonchev–Trinajstić information content (AvgIpc) is 2.37. The average molecular weight is 325 g/mol. The third kappa shape index (κ3) is 5.83. The number of carbonyl (C=O) groups is 1. The molecule has 0 bridgehead atoms. The number of nitrogens with one attached hydrogen (secondary N) is 1. The smallest absolute Gasteiger partial charge is 0.319 e. The number of hydrogen-bond donors (Lipinski definition) is 3. The Bertz CT molecular complexity index is 489. The van der Waals surface area contributed by atoms with Crippen molar-refractivity contribution in [2.24, 2.45) is 0 Å². The first-order valence-corrected chi connectivity index (χ1v) is 7.69. The third-order valence-electron chi connectivity index (χ3n) is 1.99. The van der Waals surface area contributed by atoms with E-state index in [9.17, 15) is 13.9 Å². The molecule has 1 aromatic rings. The summed E-state index contributed by atoms with van der Waals surface area (Å²) in [5.41, 5.74) is 0.322. The van der Waals surface area contributed by atoms with Gasteiger partial charge in [0.15, 0.2) is 0 Å². The third-order valence-corrected chi connectivity index (χ3v) is 2.82. The van der Waals surface area contributed by atoms with Crippen LogP contribution in [-0.4, -0.2) is 29.1 Å². The summed E-state index contributed by atoms with van der Waals surface area (Å²) in [5.74, 6) is -0.428. The first kappa shape index (κ1) is 16.8. The van der Waals surface area contributed by atoms with Gasteiger partial charge in [-0.05, 0) is 24.3 Å². The van der Waals surface area contributed by atoms with Crippen LogP contribution in [0.1, 0.15) is 0 Å². The van der Waals surface area contributed by atoms with Crippen molar-refractivity contribution in [2.75, 3.05) is 12.4 Å². The molecule has 11 heteroatoms. The Morgan fingerprint density at radius 3 is 2.05 bits per heavy atom. The molecule has 1 rings (SSSR count). The van der Waals surface area contributed by atoms with Crippen LogP contribution >= 0.6 is 16.5 Å². The summed E-state index contributed by atoms with van der Waals surface area (Å²) in [5, 5.41) is 2.29. The van der Waals surface area contributed by atoms with Gasteiger partial charge < -0.3 is 19.8 Å². The molecule has 20 heavy (non-hydrogen) atoms. The summed E-state index contributed by atoms with van der Waals surface area (Å²) in [7, 11) is -5.55. The molecule has 0 radical (unpaired) electrons. The Hall–Kier alpha value is -1.21. The Kier molecular flexibility index (Phi) is 6.87. The van der Waals surface area contributed by atoms with E-state index >= 15 is 0 Å². The second-order valence-corrected chi connectivity index (χ2v) is 4.85. The maximum Gasteiger partial charge on any atom is 0.319 e. The van der Waals surface area contributed by atoms with Gasteiger partial charge in [-0.3, -0.25) is 23.0 Å². The molecular weight excluding hydrogens is 312 g/mol. The lowest BCUT2D eigenvalue weighted by atomic mass is 10.3. The van der Waals surface area contributed by atoms with Crippen LogP contribution in [-0.2, 0) is 23.0 Å². The van der Waals surface area contributed by atoms with Crippen molar-refractivity contribution in [1.82, 2.24) is 0 Å². The van der Waals surface area contributed by atoms with Crippen LogP contribution in [0, 0.1) is 0 Å². The van der Waals surface area contributed by atoms with Crippen LogP contribution in [0.25, 0.3) is 0 Å². The molecule has 0 heterocycles. The molecule has 0 fully saturated rings. The van der Waals surface area contributed by atoms with E-state index in [1.807, 2.05) is 0 Å². The van der Waals surface area contributed by atoms with Gasteiger partial charge in [-0.25, -0.2) is 0 Å². The van der Waals surface area contributed by atoms with E-state index in [2.05, 4.69) is 14.4 Å². The van der Waals surface area contributed by atoms with Crippen molar-refractivity contribution < 1.29 is 37.5 Å². The Labute approximate surface area is 115 Å². The highest BCUT2D eigenvalue weighted by molar-refractivity contribution is 7.33. The molecule has 1 aromatic carbocycles. The number of carbonyl (C=O) groups excluding carboxylic acids is 1. The van der Waals surface area contributed by atoms with Crippen molar-refractivity contribution in [3.8, 4) is 5.75 Å². The van der Waals surface area contributed by atoms with Crippen LogP contribution in [0.15, 0.2) is 24.3 Å². The van der Waals surface area contributed by atoms with Crippen molar-refractivity contribution in [1.29, 1.82) is 0 Å². The SMILES string of the molecule is COc1ccc(NC(=O)C(O[PH](=O)O)O[PH](=O)O)cc1. The van der Waals surface area contributed by atoms with Crippen LogP contribution in [0.2, 0.25) is 0 Å². The van der Waals surface area contributed by atoms with Gasteiger partial charge in [0.25, 0.3) is 12.2 Å². The number of amides is 1. The Balaban J connectivity index is 2.73. The largest absolute Gasteiger partial charge is 0.497 e. The van der Waals surface area contributed by atoms with Gasteiger partial charge in [-0.15, -0.1) is 0 Å². The number of methoxy groups -OCH3 is 1. The summed E-state index contributed by atoms with van der Waals surface area (Å²) in [4.78, 5) is 28.9. The van der Waals surface area contributed by atoms with E-state index in [1.54, 1.807) is 12.1 Å². The minimum Gasteiger partial charge on any atom is -0.497 e. The van der Waals surface area contributed by atoms with E-state index in [0.29, 0.717) is 11.4 Å². The van der Waals surface area contributed by atoms with E-state index in [1.165, 1.54) is 19.2 Å². The van der Waals surface area contributed by atoms with Gasteiger partial charge in [0.1, 0.15) is 5.75 Å². The summed E-state index contributed by atoms with van der Waals surface area (Å²) >= 11 is 0. The van der Waals surface area contributed by atoms with Crippen molar-refractivity contribution in [3.63, 3.8) is 0 Å². The fraction of sp³-hybridized carbons (Fsp3) is 0.222. The molecule has 112 valence electrons. The van der Waals surface area contributed by atoms with E-state index in [4.69, 9.17) is 14.5 Å². The highest BCUT2D eigenvalue weighted by Gasteiger charge is 2.24. The second kappa shape index (κ2) is 8.16. The lowest BCUT2D eigenvalue weighted by molar-refractivity contribution is -0.135. The van der Waals surface area contributed by atoms with Crippen molar-refractivity contribution >= 4 is 28.1 Å². The van der Waals surface area contributed by atoms with Crippen molar-refractivity contribution in [2.45, 2.75) is 6.29 Å². The number of anilines is 1. The first-order valence-electron chi connectivity index (χ1n) is 5.16. The first-order chi connectivity index (χ1) is 9.42. The summed E-state index contributed by atoms with van der Waals surface area (Å²) in [6, 6.07) is 6.13. The molecule has 1 amide bonds. The highest BCUT2D eigenvalue weighted by Crippen LogP contribution is 2.27. The summed E-state index contributed by atoms with van der Waals surface area (Å²) < 4.78 is 34.5. The maximum atomic E-state index is 11.7.